The van der Waals surface area contributed by atoms with Crippen LogP contribution in [0.4, 0.5) is 29.0 Å². The normalized spacial score (nSPS) is 10.7. The van der Waals surface area contributed by atoms with Gasteiger partial charge >= 0.3 is 29.0 Å². The van der Waals surface area contributed by atoms with Gasteiger partial charge in [0.05, 0.1) is 4.92 Å². The summed E-state index contributed by atoms with van der Waals surface area (Å²) >= 11 is 0. The summed E-state index contributed by atoms with van der Waals surface area (Å²) in [7, 11) is 0. The van der Waals surface area contributed by atoms with Gasteiger partial charge in [0.15, 0.2) is 11.4 Å². The van der Waals surface area contributed by atoms with Gasteiger partial charge in [0.25, 0.3) is 0 Å². The summed E-state index contributed by atoms with van der Waals surface area (Å²) < 4.78 is 0. The summed E-state index contributed by atoms with van der Waals surface area (Å²) in [6.45, 7) is 0. The molecule has 0 radical (unpaired) electrons. The molecule has 0 fully saturated rings. The Labute approximate surface area is 158 Å². The Morgan fingerprint density at radius 2 is 1.03 bits per heavy atom. The summed E-state index contributed by atoms with van der Waals surface area (Å²) in [6.07, 6.45) is 0. The minimum absolute atomic E-state index is 0.938. The van der Waals surface area contributed by atoms with Gasteiger partial charge < -0.3 is 40.5 Å². The van der Waals surface area contributed by atoms with Crippen LogP contribution in [0.25, 0.3) is 22.5 Å². The SMILES string of the molecule is O=[N+]([O-])c1n[nH]c([N+](=O)[O-])c1-c1n[nH]c(-c2c([N+](=O)[O-])n[nH]c2[N+](=O)[O-])c1[N+](=O)[O-]. The second-order valence-corrected chi connectivity index (χ2v) is 5.12. The number of aromatic amines is 3. The van der Waals surface area contributed by atoms with E-state index in [2.05, 4.69) is 15.3 Å². The Kier molecular flexibility index (Phi) is 4.30. The smallest absolute Gasteiger partial charge is 0.358 e. The second kappa shape index (κ2) is 6.66. The first-order valence-corrected chi connectivity index (χ1v) is 7.04. The van der Waals surface area contributed by atoms with E-state index in [9.17, 15) is 50.6 Å². The predicted molar refractivity (Wildman–Crippen MR) is 87.0 cm³/mol. The fraction of sp³-hybridized carbons (Fsp3) is 0. The summed E-state index contributed by atoms with van der Waals surface area (Å²) in [4.78, 5) is 50.2. The van der Waals surface area contributed by atoms with Crippen molar-refractivity contribution in [3.05, 3.63) is 50.6 Å². The van der Waals surface area contributed by atoms with Crippen LogP contribution in [0.5, 0.6) is 0 Å². The van der Waals surface area contributed by atoms with Crippen molar-refractivity contribution in [2.24, 2.45) is 0 Å². The molecule has 21 heteroatoms. The van der Waals surface area contributed by atoms with Gasteiger partial charge in [-0.1, -0.05) is 0 Å². The van der Waals surface area contributed by atoms with Gasteiger partial charge in [-0.2, -0.15) is 5.10 Å². The van der Waals surface area contributed by atoms with Crippen LogP contribution >= 0.6 is 0 Å². The molecule has 0 amide bonds. The highest BCUT2D eigenvalue weighted by atomic mass is 16.6. The molecule has 0 spiro atoms. The summed E-state index contributed by atoms with van der Waals surface area (Å²) in [5, 5.41) is 71.2. The first-order chi connectivity index (χ1) is 14.1. The van der Waals surface area contributed by atoms with Crippen LogP contribution in [0.3, 0.4) is 0 Å². The lowest BCUT2D eigenvalue weighted by molar-refractivity contribution is -0.394. The van der Waals surface area contributed by atoms with Gasteiger partial charge in [-0.25, -0.2) is 0 Å². The van der Waals surface area contributed by atoms with Crippen LogP contribution in [0.2, 0.25) is 0 Å². The van der Waals surface area contributed by atoms with Crippen molar-refractivity contribution in [3.8, 4) is 22.5 Å². The molecule has 3 aromatic rings. The standard InChI is InChI=1S/C9H3N11O10/c21-16(22)5-3(1-6(17(23)24)12-13-7(1)18(25)26)10-11-4(5)2-8(19(27)28)14-15-9(2)20(29)30/h(H,10,11)(H,12,13)(H,14,15). The third kappa shape index (κ3) is 2.79. The molecule has 0 aliphatic rings. The quantitative estimate of drug-likeness (QED) is 0.347. The maximum atomic E-state index is 11.6. The number of rotatable bonds is 7. The van der Waals surface area contributed by atoms with Crippen molar-refractivity contribution in [2.75, 3.05) is 0 Å². The zero-order valence-corrected chi connectivity index (χ0v) is 13.7. The number of nitrogens with zero attached hydrogens (tertiary/aromatic N) is 8. The average Bonchev–Trinajstić information content (AvgIpc) is 3.35. The van der Waals surface area contributed by atoms with E-state index in [4.69, 9.17) is 0 Å². The first-order valence-electron chi connectivity index (χ1n) is 7.04. The topological polar surface area (TPSA) is 302 Å². The molecule has 3 rings (SSSR count). The van der Waals surface area contributed by atoms with Crippen LogP contribution in [0.1, 0.15) is 0 Å². The molecule has 154 valence electrons. The molecule has 3 aromatic heterocycles. The lowest BCUT2D eigenvalue weighted by Crippen LogP contribution is -1.98. The second-order valence-electron chi connectivity index (χ2n) is 5.12. The molecule has 30 heavy (non-hydrogen) atoms. The van der Waals surface area contributed by atoms with Crippen molar-refractivity contribution in [1.29, 1.82) is 0 Å². The lowest BCUT2D eigenvalue weighted by Gasteiger charge is -1.97. The lowest BCUT2D eigenvalue weighted by atomic mass is 10.1. The van der Waals surface area contributed by atoms with E-state index >= 15 is 0 Å². The van der Waals surface area contributed by atoms with E-state index < -0.39 is 76.1 Å². The predicted octanol–water partition coefficient (Wildman–Crippen LogP) is 0.731. The molecule has 0 bridgehead atoms. The van der Waals surface area contributed by atoms with Crippen molar-refractivity contribution < 1.29 is 24.6 Å². The summed E-state index contributed by atoms with van der Waals surface area (Å²) in [6, 6.07) is 0. The third-order valence-electron chi connectivity index (χ3n) is 3.58. The Morgan fingerprint density at radius 3 is 1.47 bits per heavy atom. The van der Waals surface area contributed by atoms with Crippen LogP contribution in [0.15, 0.2) is 0 Å². The van der Waals surface area contributed by atoms with Crippen LogP contribution in [0, 0.1) is 50.6 Å². The van der Waals surface area contributed by atoms with Gasteiger partial charge in [0, 0.05) is 0 Å². The summed E-state index contributed by atoms with van der Waals surface area (Å²) in [5.41, 5.74) is -5.22. The fourth-order valence-corrected chi connectivity index (χ4v) is 2.49. The van der Waals surface area contributed by atoms with Gasteiger partial charge in [0.1, 0.15) is 10.2 Å². The van der Waals surface area contributed by atoms with E-state index in [-0.39, 0.29) is 0 Å². The Bertz CT molecular complexity index is 1100. The molecule has 0 atom stereocenters. The fourth-order valence-electron chi connectivity index (χ4n) is 2.49. The van der Waals surface area contributed by atoms with Crippen molar-refractivity contribution >= 4 is 29.0 Å². The molecular weight excluding hydrogens is 422 g/mol. The molecule has 3 heterocycles. The van der Waals surface area contributed by atoms with Crippen LogP contribution in [-0.2, 0) is 0 Å². The molecule has 21 nitrogen and oxygen atoms in total. The van der Waals surface area contributed by atoms with E-state index in [1.54, 1.807) is 10.2 Å². The minimum Gasteiger partial charge on any atom is -0.358 e. The van der Waals surface area contributed by atoms with Gasteiger partial charge in [0.2, 0.25) is 11.1 Å². The van der Waals surface area contributed by atoms with E-state index in [1.165, 1.54) is 0 Å². The monoisotopic (exact) mass is 425 g/mol. The Morgan fingerprint density at radius 1 is 0.567 bits per heavy atom. The molecular formula is C9H3N11O10. The number of aromatic nitrogens is 6. The average molecular weight is 425 g/mol. The zero-order chi connectivity index (χ0) is 22.3. The van der Waals surface area contributed by atoms with E-state index in [1.807, 2.05) is 5.10 Å². The van der Waals surface area contributed by atoms with Gasteiger partial charge in [-0.3, -0.25) is 15.2 Å². The van der Waals surface area contributed by atoms with Crippen molar-refractivity contribution in [1.82, 2.24) is 30.6 Å². The highest BCUT2D eigenvalue weighted by Gasteiger charge is 2.44. The highest BCUT2D eigenvalue weighted by Crippen LogP contribution is 2.46. The number of hydrogen-bond donors (Lipinski definition) is 3. The van der Waals surface area contributed by atoms with Crippen molar-refractivity contribution in [2.45, 2.75) is 0 Å². The molecule has 0 aliphatic heterocycles. The van der Waals surface area contributed by atoms with Crippen LogP contribution < -0.4 is 0 Å². The third-order valence-corrected chi connectivity index (χ3v) is 3.58. The van der Waals surface area contributed by atoms with Gasteiger partial charge in [-0.15, -0.1) is 0 Å². The first kappa shape index (κ1) is 19.4. The number of nitrogens with one attached hydrogen (secondary N) is 3. The van der Waals surface area contributed by atoms with E-state index in [0.29, 0.717) is 0 Å². The minimum atomic E-state index is -1.25. The van der Waals surface area contributed by atoms with Crippen molar-refractivity contribution in [3.63, 3.8) is 0 Å². The molecule has 0 saturated carbocycles. The van der Waals surface area contributed by atoms with Crippen LogP contribution in [-0.4, -0.2) is 55.2 Å². The number of hydrogen-bond acceptors (Lipinski definition) is 13. The molecule has 3 N–H and O–H groups in total. The van der Waals surface area contributed by atoms with Gasteiger partial charge in [-0.05, 0) is 29.9 Å². The maximum Gasteiger partial charge on any atom is 0.430 e. The Balaban J connectivity index is 2.41. The molecule has 0 unspecified atom stereocenters. The highest BCUT2D eigenvalue weighted by molar-refractivity contribution is 5.91. The molecule has 0 saturated heterocycles. The maximum absolute atomic E-state index is 11.6. The molecule has 0 aliphatic carbocycles. The largest absolute Gasteiger partial charge is 0.430 e. The number of nitro groups is 5. The Hall–Kier alpha value is -5.37. The van der Waals surface area contributed by atoms with E-state index in [0.717, 1.165) is 0 Å². The summed E-state index contributed by atoms with van der Waals surface area (Å²) in [5.74, 6) is -4.68. The molecule has 0 aromatic carbocycles. The zero-order valence-electron chi connectivity index (χ0n) is 13.7. The number of H-pyrrole nitrogens is 3.